The molecule has 0 spiro atoms. The van der Waals surface area contributed by atoms with Gasteiger partial charge in [-0.3, -0.25) is 4.98 Å². The molecule has 1 N–H and O–H groups in total. The van der Waals surface area contributed by atoms with Crippen LogP contribution < -0.4 is 5.32 Å². The van der Waals surface area contributed by atoms with Crippen LogP contribution >= 0.6 is 0 Å². The highest BCUT2D eigenvalue weighted by molar-refractivity contribution is 7.89. The van der Waals surface area contributed by atoms with Crippen LogP contribution in [0.1, 0.15) is 11.6 Å². The maximum atomic E-state index is 12.8. The Balaban J connectivity index is 1.99. The van der Waals surface area contributed by atoms with Crippen molar-refractivity contribution in [2.45, 2.75) is 10.9 Å². The summed E-state index contributed by atoms with van der Waals surface area (Å²) in [7, 11) is -3.53. The Morgan fingerprint density at radius 3 is 2.67 bits per heavy atom. The van der Waals surface area contributed by atoms with Crippen molar-refractivity contribution < 1.29 is 8.42 Å². The summed E-state index contributed by atoms with van der Waals surface area (Å²) in [6.07, 6.45) is 2.98. The van der Waals surface area contributed by atoms with E-state index in [4.69, 9.17) is 0 Å². The molecule has 5 nitrogen and oxygen atoms in total. The molecule has 3 rings (SSSR count). The maximum Gasteiger partial charge on any atom is 0.245 e. The van der Waals surface area contributed by atoms with Gasteiger partial charge in [-0.15, -0.1) is 0 Å². The number of hydrogen-bond donors (Lipinski definition) is 1. The summed E-state index contributed by atoms with van der Waals surface area (Å²) < 4.78 is 27.2. The molecule has 110 valence electrons. The van der Waals surface area contributed by atoms with E-state index >= 15 is 0 Å². The van der Waals surface area contributed by atoms with Gasteiger partial charge in [0.1, 0.15) is 4.90 Å². The lowest BCUT2D eigenvalue weighted by molar-refractivity contribution is 0.271. The molecule has 21 heavy (non-hydrogen) atoms. The van der Waals surface area contributed by atoms with Gasteiger partial charge in [0.05, 0.1) is 6.04 Å². The Hall–Kier alpha value is -1.76. The van der Waals surface area contributed by atoms with Crippen molar-refractivity contribution in [2.24, 2.45) is 0 Å². The fourth-order valence-electron chi connectivity index (χ4n) is 2.57. The first-order valence-electron chi connectivity index (χ1n) is 6.87. The van der Waals surface area contributed by atoms with Crippen LogP contribution in [0.15, 0.2) is 59.8 Å². The Morgan fingerprint density at radius 1 is 1.14 bits per heavy atom. The number of sulfonamides is 1. The van der Waals surface area contributed by atoms with E-state index in [9.17, 15) is 8.42 Å². The Bertz CT molecular complexity index is 689. The van der Waals surface area contributed by atoms with E-state index in [0.717, 1.165) is 5.56 Å². The predicted octanol–water partition coefficient (Wildman–Crippen LogP) is 1.42. The highest BCUT2D eigenvalue weighted by Gasteiger charge is 2.34. The molecule has 0 aliphatic carbocycles. The molecule has 1 aromatic carbocycles. The molecule has 1 aliphatic rings. The highest BCUT2D eigenvalue weighted by atomic mass is 32.2. The van der Waals surface area contributed by atoms with E-state index in [0.29, 0.717) is 19.6 Å². The SMILES string of the molecule is O=S(=O)(c1cccnc1)N1CCNCC1c1ccccc1. The zero-order valence-electron chi connectivity index (χ0n) is 11.5. The summed E-state index contributed by atoms with van der Waals surface area (Å²) in [4.78, 5) is 4.17. The van der Waals surface area contributed by atoms with E-state index in [1.54, 1.807) is 22.6 Å². The van der Waals surface area contributed by atoms with Crippen LogP contribution in [0.5, 0.6) is 0 Å². The van der Waals surface area contributed by atoms with Gasteiger partial charge in [-0.05, 0) is 17.7 Å². The first kappa shape index (κ1) is 14.2. The molecule has 1 aromatic heterocycles. The molecule has 1 saturated heterocycles. The Labute approximate surface area is 124 Å². The van der Waals surface area contributed by atoms with Gasteiger partial charge in [0.25, 0.3) is 0 Å². The second-order valence-electron chi connectivity index (χ2n) is 4.94. The lowest BCUT2D eigenvalue weighted by Gasteiger charge is -2.35. The van der Waals surface area contributed by atoms with Crippen LogP contribution in [-0.2, 0) is 10.0 Å². The van der Waals surface area contributed by atoms with Crippen molar-refractivity contribution in [3.05, 3.63) is 60.4 Å². The number of hydrogen-bond acceptors (Lipinski definition) is 4. The van der Waals surface area contributed by atoms with E-state index in [1.807, 2.05) is 30.3 Å². The quantitative estimate of drug-likeness (QED) is 0.931. The molecule has 0 amide bonds. The van der Waals surface area contributed by atoms with Gasteiger partial charge in [0.15, 0.2) is 0 Å². The van der Waals surface area contributed by atoms with Gasteiger partial charge in [-0.2, -0.15) is 4.31 Å². The number of piperazine rings is 1. The number of nitrogens with zero attached hydrogens (tertiary/aromatic N) is 2. The second-order valence-corrected chi connectivity index (χ2v) is 6.83. The molecular weight excluding hydrogens is 286 g/mol. The fourth-order valence-corrected chi connectivity index (χ4v) is 4.15. The summed E-state index contributed by atoms with van der Waals surface area (Å²) in [5.41, 5.74) is 0.997. The average Bonchev–Trinajstić information content (AvgIpc) is 2.56. The zero-order chi connectivity index (χ0) is 14.7. The topological polar surface area (TPSA) is 62.3 Å². The number of nitrogens with one attached hydrogen (secondary N) is 1. The van der Waals surface area contributed by atoms with Crippen molar-refractivity contribution in [1.82, 2.24) is 14.6 Å². The number of pyridine rings is 1. The summed E-state index contributed by atoms with van der Waals surface area (Å²) in [5, 5.41) is 3.27. The molecule has 0 saturated carbocycles. The van der Waals surface area contributed by atoms with Gasteiger partial charge in [0.2, 0.25) is 10.0 Å². The summed E-state index contributed by atoms with van der Waals surface area (Å²) in [6, 6.07) is 12.8. The minimum Gasteiger partial charge on any atom is -0.313 e. The highest BCUT2D eigenvalue weighted by Crippen LogP contribution is 2.28. The van der Waals surface area contributed by atoms with Gasteiger partial charge in [-0.1, -0.05) is 30.3 Å². The molecule has 2 aromatic rings. The summed E-state index contributed by atoms with van der Waals surface area (Å²) in [6.45, 7) is 1.73. The van der Waals surface area contributed by atoms with E-state index in [2.05, 4.69) is 10.3 Å². The summed E-state index contributed by atoms with van der Waals surface area (Å²) >= 11 is 0. The van der Waals surface area contributed by atoms with Crippen molar-refractivity contribution in [2.75, 3.05) is 19.6 Å². The number of benzene rings is 1. The lowest BCUT2D eigenvalue weighted by Crippen LogP contribution is -2.48. The van der Waals surface area contributed by atoms with Crippen LogP contribution in [0.4, 0.5) is 0 Å². The molecule has 0 radical (unpaired) electrons. The Kier molecular flexibility index (Phi) is 4.01. The largest absolute Gasteiger partial charge is 0.313 e. The van der Waals surface area contributed by atoms with Crippen molar-refractivity contribution in [3.8, 4) is 0 Å². The monoisotopic (exact) mass is 303 g/mol. The summed E-state index contributed by atoms with van der Waals surface area (Å²) in [5.74, 6) is 0. The van der Waals surface area contributed by atoms with E-state index in [-0.39, 0.29) is 10.9 Å². The molecule has 1 atom stereocenters. The molecule has 0 bridgehead atoms. The standard InChI is InChI=1S/C15H17N3O2S/c19-21(20,14-7-4-8-16-11-14)18-10-9-17-12-15(18)13-5-2-1-3-6-13/h1-8,11,15,17H,9-10,12H2. The normalized spacial score (nSPS) is 20.3. The molecule has 1 aliphatic heterocycles. The second kappa shape index (κ2) is 5.93. The first-order chi connectivity index (χ1) is 10.2. The van der Waals surface area contributed by atoms with Crippen molar-refractivity contribution in [3.63, 3.8) is 0 Å². The van der Waals surface area contributed by atoms with Crippen molar-refractivity contribution in [1.29, 1.82) is 0 Å². The van der Waals surface area contributed by atoms with Crippen LogP contribution in [0.25, 0.3) is 0 Å². The Morgan fingerprint density at radius 2 is 1.95 bits per heavy atom. The average molecular weight is 303 g/mol. The number of aromatic nitrogens is 1. The van der Waals surface area contributed by atoms with Gasteiger partial charge in [-0.25, -0.2) is 8.42 Å². The van der Waals surface area contributed by atoms with Crippen LogP contribution in [0.2, 0.25) is 0 Å². The van der Waals surface area contributed by atoms with Crippen molar-refractivity contribution >= 4 is 10.0 Å². The predicted molar refractivity (Wildman–Crippen MR) is 80.2 cm³/mol. The third kappa shape index (κ3) is 2.83. The van der Waals surface area contributed by atoms with Gasteiger partial charge in [0, 0.05) is 32.0 Å². The molecule has 2 heterocycles. The van der Waals surface area contributed by atoms with E-state index < -0.39 is 10.0 Å². The smallest absolute Gasteiger partial charge is 0.245 e. The lowest BCUT2D eigenvalue weighted by atomic mass is 10.1. The molecule has 1 unspecified atom stereocenters. The first-order valence-corrected chi connectivity index (χ1v) is 8.31. The van der Waals surface area contributed by atoms with Gasteiger partial charge < -0.3 is 5.32 Å². The van der Waals surface area contributed by atoms with Crippen LogP contribution in [-0.4, -0.2) is 37.3 Å². The van der Waals surface area contributed by atoms with Gasteiger partial charge >= 0.3 is 0 Å². The molecule has 6 heteroatoms. The van der Waals surface area contributed by atoms with Crippen LogP contribution in [0, 0.1) is 0 Å². The minimum atomic E-state index is -3.53. The number of rotatable bonds is 3. The third-order valence-corrected chi connectivity index (χ3v) is 5.51. The zero-order valence-corrected chi connectivity index (χ0v) is 12.3. The maximum absolute atomic E-state index is 12.8. The van der Waals surface area contributed by atoms with Crippen LogP contribution in [0.3, 0.4) is 0 Å². The molecule has 1 fully saturated rings. The fraction of sp³-hybridized carbons (Fsp3) is 0.267. The van der Waals surface area contributed by atoms with E-state index in [1.165, 1.54) is 6.20 Å². The third-order valence-electron chi connectivity index (χ3n) is 3.62. The minimum absolute atomic E-state index is 0.190. The molecular formula is C15H17N3O2S.